The molecule has 2 aliphatic rings. The molecule has 0 spiro atoms. The Morgan fingerprint density at radius 3 is 2.27 bits per heavy atom. The lowest BCUT2D eigenvalue weighted by molar-refractivity contribution is -0.141. The van der Waals surface area contributed by atoms with Crippen LogP contribution in [0.5, 0.6) is 0 Å². The molecule has 2 fully saturated rings. The minimum Gasteiger partial charge on any atom is -0.417 e. The number of hydrogen-bond acceptors (Lipinski definition) is 7. The second-order valence-electron chi connectivity index (χ2n) is 8.07. The van der Waals surface area contributed by atoms with Gasteiger partial charge in [-0.05, 0) is 31.4 Å². The summed E-state index contributed by atoms with van der Waals surface area (Å²) in [4.78, 5) is 37.3. The van der Waals surface area contributed by atoms with E-state index in [1.54, 1.807) is 21.9 Å². The Hall–Kier alpha value is -3.31. The summed E-state index contributed by atoms with van der Waals surface area (Å²) in [7, 11) is 0. The standard InChI is InChI=1S/C21H25F3N6O3/c1-14(31)28-9-11-29(12-10-28)16-6-5-15(13-25-16)26-19(32)17-18(21(22,23)24)27-20(33-17)30-7-3-2-4-8-30/h5-6,13H,2-4,7-12H2,1H3,(H,26,32). The van der Waals surface area contributed by atoms with Gasteiger partial charge >= 0.3 is 6.18 Å². The van der Waals surface area contributed by atoms with Crippen LogP contribution in [-0.4, -0.2) is 66.0 Å². The van der Waals surface area contributed by atoms with E-state index >= 15 is 0 Å². The van der Waals surface area contributed by atoms with Crippen LogP contribution in [0.3, 0.4) is 0 Å². The van der Waals surface area contributed by atoms with Crippen LogP contribution in [0.1, 0.15) is 42.4 Å². The highest BCUT2D eigenvalue weighted by Crippen LogP contribution is 2.35. The van der Waals surface area contributed by atoms with Gasteiger partial charge in [-0.1, -0.05) is 0 Å². The number of piperidine rings is 1. The highest BCUT2D eigenvalue weighted by atomic mass is 19.4. The van der Waals surface area contributed by atoms with Gasteiger partial charge in [0.05, 0.1) is 11.9 Å². The normalized spacial score (nSPS) is 17.3. The van der Waals surface area contributed by atoms with Crippen molar-refractivity contribution in [3.8, 4) is 0 Å². The van der Waals surface area contributed by atoms with E-state index in [2.05, 4.69) is 15.3 Å². The van der Waals surface area contributed by atoms with Crippen molar-refractivity contribution in [2.24, 2.45) is 0 Å². The van der Waals surface area contributed by atoms with Crippen LogP contribution in [0, 0.1) is 0 Å². The second-order valence-corrected chi connectivity index (χ2v) is 8.07. The number of carbonyl (C=O) groups is 2. The molecule has 178 valence electrons. The molecule has 0 unspecified atom stereocenters. The van der Waals surface area contributed by atoms with Crippen molar-refractivity contribution in [1.29, 1.82) is 0 Å². The number of halogens is 3. The summed E-state index contributed by atoms with van der Waals surface area (Å²) in [5.74, 6) is -1.23. The van der Waals surface area contributed by atoms with Crippen LogP contribution in [-0.2, 0) is 11.0 Å². The van der Waals surface area contributed by atoms with Crippen LogP contribution in [0.15, 0.2) is 22.7 Å². The summed E-state index contributed by atoms with van der Waals surface area (Å²) >= 11 is 0. The first-order valence-corrected chi connectivity index (χ1v) is 10.8. The summed E-state index contributed by atoms with van der Waals surface area (Å²) in [5, 5.41) is 2.41. The van der Waals surface area contributed by atoms with Gasteiger partial charge in [0.25, 0.3) is 11.9 Å². The molecule has 0 atom stereocenters. The number of nitrogens with zero attached hydrogens (tertiary/aromatic N) is 5. The molecule has 1 N–H and O–H groups in total. The number of anilines is 3. The molecule has 9 nitrogen and oxygen atoms in total. The number of pyridine rings is 1. The first-order chi connectivity index (χ1) is 15.7. The Labute approximate surface area is 188 Å². The Kier molecular flexibility index (Phi) is 6.43. The van der Waals surface area contributed by atoms with Gasteiger partial charge in [0.15, 0.2) is 5.69 Å². The maximum Gasteiger partial charge on any atom is 0.437 e. The molecule has 0 aromatic carbocycles. The van der Waals surface area contributed by atoms with Crippen LogP contribution >= 0.6 is 0 Å². The quantitative estimate of drug-likeness (QED) is 0.740. The maximum atomic E-state index is 13.5. The predicted octanol–water partition coefficient (Wildman–Crippen LogP) is 3.00. The number of oxazole rings is 1. The van der Waals surface area contributed by atoms with E-state index in [9.17, 15) is 22.8 Å². The molecule has 12 heteroatoms. The molecule has 0 radical (unpaired) electrons. The molecule has 0 bridgehead atoms. The molecular weight excluding hydrogens is 441 g/mol. The van der Waals surface area contributed by atoms with Gasteiger partial charge in [-0.2, -0.15) is 18.2 Å². The number of alkyl halides is 3. The molecular formula is C21H25F3N6O3. The zero-order valence-corrected chi connectivity index (χ0v) is 18.2. The molecule has 2 saturated heterocycles. The number of amides is 2. The second kappa shape index (κ2) is 9.28. The smallest absolute Gasteiger partial charge is 0.417 e. The van der Waals surface area contributed by atoms with Gasteiger partial charge in [-0.25, -0.2) is 4.98 Å². The Morgan fingerprint density at radius 1 is 1.00 bits per heavy atom. The summed E-state index contributed by atoms with van der Waals surface area (Å²) in [6.07, 6.45) is -0.805. The lowest BCUT2D eigenvalue weighted by Crippen LogP contribution is -2.48. The first-order valence-electron chi connectivity index (χ1n) is 10.8. The average molecular weight is 466 g/mol. The molecule has 4 heterocycles. The van der Waals surface area contributed by atoms with Gasteiger partial charge in [-0.3, -0.25) is 9.59 Å². The van der Waals surface area contributed by atoms with Crippen molar-refractivity contribution in [3.05, 3.63) is 29.8 Å². The van der Waals surface area contributed by atoms with Gasteiger partial charge < -0.3 is 24.4 Å². The topological polar surface area (TPSA) is 94.8 Å². The van der Waals surface area contributed by atoms with Crippen molar-refractivity contribution in [3.63, 3.8) is 0 Å². The van der Waals surface area contributed by atoms with Gasteiger partial charge in [0.1, 0.15) is 5.82 Å². The van der Waals surface area contributed by atoms with Crippen LogP contribution in [0.25, 0.3) is 0 Å². The summed E-state index contributed by atoms with van der Waals surface area (Å²) in [5.41, 5.74) is -1.11. The Balaban J connectivity index is 1.45. The van der Waals surface area contributed by atoms with Crippen molar-refractivity contribution in [2.75, 3.05) is 54.4 Å². The van der Waals surface area contributed by atoms with E-state index < -0.39 is 23.5 Å². The molecule has 33 heavy (non-hydrogen) atoms. The SMILES string of the molecule is CC(=O)N1CCN(c2ccc(NC(=O)c3oc(N4CCCCC4)nc3C(F)(F)F)cn2)CC1. The molecule has 2 amide bonds. The van der Waals surface area contributed by atoms with Crippen molar-refractivity contribution >= 4 is 29.3 Å². The number of piperazine rings is 1. The zero-order valence-electron chi connectivity index (χ0n) is 18.2. The van der Waals surface area contributed by atoms with Crippen LogP contribution in [0.2, 0.25) is 0 Å². The molecule has 2 aromatic rings. The third-order valence-corrected chi connectivity index (χ3v) is 5.77. The van der Waals surface area contributed by atoms with Crippen molar-refractivity contribution in [2.45, 2.75) is 32.4 Å². The summed E-state index contributed by atoms with van der Waals surface area (Å²) < 4.78 is 45.8. The lowest BCUT2D eigenvalue weighted by atomic mass is 10.1. The molecule has 2 aromatic heterocycles. The molecule has 0 aliphatic carbocycles. The minimum atomic E-state index is -4.83. The number of hydrogen-bond donors (Lipinski definition) is 1. The lowest BCUT2D eigenvalue weighted by Gasteiger charge is -2.34. The van der Waals surface area contributed by atoms with Gasteiger partial charge in [0, 0.05) is 46.2 Å². The number of nitrogens with one attached hydrogen (secondary N) is 1. The molecule has 2 aliphatic heterocycles. The van der Waals surface area contributed by atoms with E-state index in [0.717, 1.165) is 19.3 Å². The Morgan fingerprint density at radius 2 is 1.70 bits per heavy atom. The number of carbonyl (C=O) groups excluding carboxylic acids is 2. The summed E-state index contributed by atoms with van der Waals surface area (Å²) in [6.45, 7) is 4.99. The van der Waals surface area contributed by atoms with E-state index in [4.69, 9.17) is 4.42 Å². The highest BCUT2D eigenvalue weighted by molar-refractivity contribution is 6.03. The third kappa shape index (κ3) is 5.20. The fourth-order valence-electron chi connectivity index (χ4n) is 3.96. The monoisotopic (exact) mass is 466 g/mol. The van der Waals surface area contributed by atoms with Gasteiger partial charge in [-0.15, -0.1) is 0 Å². The van der Waals surface area contributed by atoms with E-state index in [1.165, 1.54) is 13.1 Å². The zero-order chi connectivity index (χ0) is 23.6. The van der Waals surface area contributed by atoms with E-state index in [1.807, 2.05) is 4.90 Å². The van der Waals surface area contributed by atoms with Gasteiger partial charge in [0.2, 0.25) is 11.7 Å². The predicted molar refractivity (Wildman–Crippen MR) is 114 cm³/mol. The van der Waals surface area contributed by atoms with Crippen molar-refractivity contribution in [1.82, 2.24) is 14.9 Å². The maximum absolute atomic E-state index is 13.5. The molecule has 0 saturated carbocycles. The fraction of sp³-hybridized carbons (Fsp3) is 0.524. The van der Waals surface area contributed by atoms with Crippen LogP contribution in [0.4, 0.5) is 30.7 Å². The number of rotatable bonds is 4. The average Bonchev–Trinajstić information content (AvgIpc) is 3.27. The van der Waals surface area contributed by atoms with Crippen molar-refractivity contribution < 1.29 is 27.2 Å². The highest BCUT2D eigenvalue weighted by Gasteiger charge is 2.42. The van der Waals surface area contributed by atoms with E-state index in [-0.39, 0.29) is 17.6 Å². The first kappa shape index (κ1) is 22.9. The third-order valence-electron chi connectivity index (χ3n) is 5.77. The van der Waals surface area contributed by atoms with Crippen LogP contribution < -0.4 is 15.1 Å². The van der Waals surface area contributed by atoms with E-state index in [0.29, 0.717) is 45.1 Å². The fourth-order valence-corrected chi connectivity index (χ4v) is 3.96. The summed E-state index contributed by atoms with van der Waals surface area (Å²) in [6, 6.07) is 3.04. The minimum absolute atomic E-state index is 0.0229. The Bertz CT molecular complexity index is 994. The number of aromatic nitrogens is 2. The largest absolute Gasteiger partial charge is 0.437 e. The molecule has 4 rings (SSSR count).